The van der Waals surface area contributed by atoms with E-state index >= 15 is 0 Å². The van der Waals surface area contributed by atoms with E-state index in [9.17, 15) is 4.79 Å². The topological polar surface area (TPSA) is 63.1 Å². The van der Waals surface area contributed by atoms with Crippen molar-refractivity contribution in [2.24, 2.45) is 0 Å². The molecule has 1 amide bonds. The molecule has 0 aliphatic carbocycles. The van der Waals surface area contributed by atoms with Gasteiger partial charge in [-0.1, -0.05) is 35.3 Å². The molecule has 0 aliphatic rings. The van der Waals surface area contributed by atoms with Gasteiger partial charge in [-0.25, -0.2) is 9.67 Å². The Balaban J connectivity index is 1.61. The van der Waals surface area contributed by atoms with Crippen LogP contribution in [0.5, 0.6) is 0 Å². The van der Waals surface area contributed by atoms with Crippen LogP contribution in [0.4, 0.5) is 5.69 Å². The molecule has 0 saturated heterocycles. The molecule has 1 N–H and O–H groups in total. The first-order chi connectivity index (χ1) is 12.9. The largest absolute Gasteiger partial charge is 0.324 e. The molecule has 0 spiro atoms. The normalized spacial score (nSPS) is 12.2. The van der Waals surface area contributed by atoms with E-state index in [0.29, 0.717) is 15.7 Å². The van der Waals surface area contributed by atoms with E-state index in [-0.39, 0.29) is 18.5 Å². The summed E-state index contributed by atoms with van der Waals surface area (Å²) in [6, 6.07) is 13.0. The molecule has 8 heteroatoms. The van der Waals surface area contributed by atoms with Crippen molar-refractivity contribution in [3.8, 4) is 5.69 Å². The average molecular weight is 404 g/mol. The highest BCUT2D eigenvalue weighted by Crippen LogP contribution is 2.25. The molecule has 6 nitrogen and oxygen atoms in total. The van der Waals surface area contributed by atoms with Crippen LogP contribution in [0.1, 0.15) is 18.5 Å². The summed E-state index contributed by atoms with van der Waals surface area (Å²) in [5, 5.41) is 7.86. The fraction of sp³-hybridized carbons (Fsp3) is 0.211. The molecule has 3 rings (SSSR count). The lowest BCUT2D eigenvalue weighted by Crippen LogP contribution is -2.32. The minimum absolute atomic E-state index is 0.0567. The molecule has 1 aromatic heterocycles. The number of nitrogens with one attached hydrogen (secondary N) is 1. The number of aromatic nitrogens is 3. The second kappa shape index (κ2) is 8.52. The molecule has 1 atom stereocenters. The zero-order chi connectivity index (χ0) is 19.4. The first kappa shape index (κ1) is 19.4. The fourth-order valence-corrected chi connectivity index (χ4v) is 3.10. The van der Waals surface area contributed by atoms with Gasteiger partial charge in [0.25, 0.3) is 0 Å². The van der Waals surface area contributed by atoms with Gasteiger partial charge in [0.15, 0.2) is 0 Å². The predicted octanol–water partition coefficient (Wildman–Crippen LogP) is 4.21. The van der Waals surface area contributed by atoms with Crippen molar-refractivity contribution in [3.05, 3.63) is 70.7 Å². The first-order valence-electron chi connectivity index (χ1n) is 8.34. The third kappa shape index (κ3) is 4.86. The van der Waals surface area contributed by atoms with Crippen LogP contribution in [-0.2, 0) is 4.79 Å². The number of carbonyl (C=O) groups is 1. The molecule has 0 saturated carbocycles. The van der Waals surface area contributed by atoms with Crippen LogP contribution < -0.4 is 5.32 Å². The van der Waals surface area contributed by atoms with Gasteiger partial charge in [0.05, 0.1) is 22.9 Å². The number of nitrogens with zero attached hydrogens (tertiary/aromatic N) is 4. The number of hydrogen-bond donors (Lipinski definition) is 1. The molecule has 0 bridgehead atoms. The minimum atomic E-state index is -0.146. The number of halogens is 2. The third-order valence-corrected chi connectivity index (χ3v) is 4.87. The Morgan fingerprint density at radius 3 is 2.59 bits per heavy atom. The molecule has 1 heterocycles. The number of anilines is 1. The Morgan fingerprint density at radius 2 is 1.96 bits per heavy atom. The summed E-state index contributed by atoms with van der Waals surface area (Å²) in [6.45, 7) is 2.28. The van der Waals surface area contributed by atoms with Crippen LogP contribution in [0, 0.1) is 0 Å². The second-order valence-corrected chi connectivity index (χ2v) is 7.04. The van der Waals surface area contributed by atoms with Crippen LogP contribution in [0.25, 0.3) is 5.69 Å². The maximum Gasteiger partial charge on any atom is 0.238 e. The zero-order valence-corrected chi connectivity index (χ0v) is 16.4. The summed E-state index contributed by atoms with van der Waals surface area (Å²) in [4.78, 5) is 18.2. The van der Waals surface area contributed by atoms with Gasteiger partial charge < -0.3 is 5.32 Å². The quantitative estimate of drug-likeness (QED) is 0.669. The molecule has 0 unspecified atom stereocenters. The summed E-state index contributed by atoms with van der Waals surface area (Å²) in [7, 11) is 1.90. The Bertz CT molecular complexity index is 912. The van der Waals surface area contributed by atoms with Crippen LogP contribution in [-0.4, -0.2) is 39.2 Å². The number of likely N-dealkylation sites (N-methyl/N-ethyl adjacent to an activating group) is 1. The standard InChI is InChI=1S/C19H19Cl2N5O/c1-13(14-3-6-16(7-4-14)26-12-22-11-23-26)25(2)10-19(27)24-18-8-5-15(20)9-17(18)21/h3-9,11-13H,10H2,1-2H3,(H,24,27)/t13-/m0/s1. The van der Waals surface area contributed by atoms with E-state index < -0.39 is 0 Å². The SMILES string of the molecule is C[C@@H](c1ccc(-n2cncn2)cc1)N(C)CC(=O)Nc1ccc(Cl)cc1Cl. The van der Waals surface area contributed by atoms with Crippen molar-refractivity contribution < 1.29 is 4.79 Å². The lowest BCUT2D eigenvalue weighted by molar-refractivity contribution is -0.117. The summed E-state index contributed by atoms with van der Waals surface area (Å²) in [6.07, 6.45) is 3.15. The number of carbonyl (C=O) groups excluding carboxylic acids is 1. The fourth-order valence-electron chi connectivity index (χ4n) is 2.65. The van der Waals surface area contributed by atoms with Gasteiger partial charge in [-0.3, -0.25) is 9.69 Å². The van der Waals surface area contributed by atoms with E-state index in [2.05, 4.69) is 15.4 Å². The van der Waals surface area contributed by atoms with Crippen LogP contribution in [0.15, 0.2) is 55.1 Å². The average Bonchev–Trinajstić information content (AvgIpc) is 3.18. The summed E-state index contributed by atoms with van der Waals surface area (Å²) < 4.78 is 1.70. The number of benzene rings is 2. The highest BCUT2D eigenvalue weighted by atomic mass is 35.5. The Kier molecular flexibility index (Phi) is 6.11. The monoisotopic (exact) mass is 403 g/mol. The lowest BCUT2D eigenvalue weighted by atomic mass is 10.1. The van der Waals surface area contributed by atoms with Crippen molar-refractivity contribution in [2.75, 3.05) is 18.9 Å². The van der Waals surface area contributed by atoms with E-state index in [1.165, 1.54) is 6.33 Å². The lowest BCUT2D eigenvalue weighted by Gasteiger charge is -2.24. The predicted molar refractivity (Wildman–Crippen MR) is 107 cm³/mol. The summed E-state index contributed by atoms with van der Waals surface area (Å²) >= 11 is 12.0. The molecule has 140 valence electrons. The van der Waals surface area contributed by atoms with Crippen LogP contribution in [0.2, 0.25) is 10.0 Å². The molecular weight excluding hydrogens is 385 g/mol. The molecule has 0 fully saturated rings. The number of rotatable bonds is 6. The Hall–Kier alpha value is -2.41. The van der Waals surface area contributed by atoms with Gasteiger partial charge in [-0.05, 0) is 49.9 Å². The van der Waals surface area contributed by atoms with Crippen molar-refractivity contribution in [2.45, 2.75) is 13.0 Å². The van der Waals surface area contributed by atoms with Crippen LogP contribution >= 0.6 is 23.2 Å². The Morgan fingerprint density at radius 1 is 1.22 bits per heavy atom. The third-order valence-electron chi connectivity index (χ3n) is 4.32. The van der Waals surface area contributed by atoms with Crippen molar-refractivity contribution in [3.63, 3.8) is 0 Å². The van der Waals surface area contributed by atoms with E-state index in [4.69, 9.17) is 23.2 Å². The first-order valence-corrected chi connectivity index (χ1v) is 9.10. The molecule has 27 heavy (non-hydrogen) atoms. The smallest absolute Gasteiger partial charge is 0.238 e. The van der Waals surface area contributed by atoms with E-state index in [0.717, 1.165) is 11.3 Å². The van der Waals surface area contributed by atoms with Crippen molar-refractivity contribution in [1.29, 1.82) is 0 Å². The zero-order valence-electron chi connectivity index (χ0n) is 14.9. The molecule has 3 aromatic rings. The molecular formula is C19H19Cl2N5O. The van der Waals surface area contributed by atoms with E-state index in [1.807, 2.05) is 43.1 Å². The maximum absolute atomic E-state index is 12.3. The van der Waals surface area contributed by atoms with Gasteiger partial charge in [-0.2, -0.15) is 5.10 Å². The van der Waals surface area contributed by atoms with Gasteiger partial charge in [0.1, 0.15) is 12.7 Å². The Labute approximate surface area is 167 Å². The van der Waals surface area contributed by atoms with Gasteiger partial charge in [0.2, 0.25) is 5.91 Å². The highest BCUT2D eigenvalue weighted by molar-refractivity contribution is 6.36. The van der Waals surface area contributed by atoms with Gasteiger partial charge >= 0.3 is 0 Å². The molecule has 2 aromatic carbocycles. The van der Waals surface area contributed by atoms with Crippen molar-refractivity contribution in [1.82, 2.24) is 19.7 Å². The molecule has 0 aliphatic heterocycles. The number of amides is 1. The summed E-state index contributed by atoms with van der Waals surface area (Å²) in [5.41, 5.74) is 2.57. The van der Waals surface area contributed by atoms with Crippen molar-refractivity contribution >= 4 is 34.8 Å². The highest BCUT2D eigenvalue weighted by Gasteiger charge is 2.16. The van der Waals surface area contributed by atoms with Gasteiger partial charge in [0, 0.05) is 11.1 Å². The number of hydrogen-bond acceptors (Lipinski definition) is 4. The van der Waals surface area contributed by atoms with Gasteiger partial charge in [-0.15, -0.1) is 0 Å². The summed E-state index contributed by atoms with van der Waals surface area (Å²) in [5.74, 6) is -0.146. The molecule has 0 radical (unpaired) electrons. The van der Waals surface area contributed by atoms with E-state index in [1.54, 1.807) is 29.2 Å². The minimum Gasteiger partial charge on any atom is -0.324 e. The second-order valence-electron chi connectivity index (χ2n) is 6.20. The maximum atomic E-state index is 12.3. The van der Waals surface area contributed by atoms with Crippen LogP contribution in [0.3, 0.4) is 0 Å².